The summed E-state index contributed by atoms with van der Waals surface area (Å²) < 4.78 is 0. The molecule has 0 saturated carbocycles. The number of hydrogen-bond acceptors (Lipinski definition) is 2. The Kier molecular flexibility index (Phi) is 3.60. The van der Waals surface area contributed by atoms with Gasteiger partial charge in [-0.3, -0.25) is 9.59 Å². The van der Waals surface area contributed by atoms with Gasteiger partial charge in [-0.2, -0.15) is 0 Å². The van der Waals surface area contributed by atoms with Crippen LogP contribution in [0.25, 0.3) is 0 Å². The van der Waals surface area contributed by atoms with Crippen LogP contribution in [-0.2, 0) is 16.0 Å². The van der Waals surface area contributed by atoms with E-state index in [9.17, 15) is 9.59 Å². The van der Waals surface area contributed by atoms with Crippen LogP contribution >= 0.6 is 0 Å². The normalized spacial score (nSPS) is 14.8. The second kappa shape index (κ2) is 5.03. The summed E-state index contributed by atoms with van der Waals surface area (Å²) in [7, 11) is 0. The first-order chi connectivity index (χ1) is 8.88. The highest BCUT2D eigenvalue weighted by Crippen LogP contribution is 2.26. The van der Waals surface area contributed by atoms with E-state index in [-0.39, 0.29) is 0 Å². The molecular formula is C15H20N2O2. The fourth-order valence-electron chi connectivity index (χ4n) is 2.26. The molecule has 0 saturated heterocycles. The number of amides is 2. The van der Waals surface area contributed by atoms with Gasteiger partial charge < -0.3 is 10.2 Å². The number of para-hydroxylation sites is 1. The van der Waals surface area contributed by atoms with E-state index < -0.39 is 17.4 Å². The molecule has 102 valence electrons. The van der Waals surface area contributed by atoms with Crippen molar-refractivity contribution in [1.82, 2.24) is 5.32 Å². The quantitative estimate of drug-likeness (QED) is 0.724. The maximum atomic E-state index is 12.3. The molecule has 0 radical (unpaired) electrons. The smallest absolute Gasteiger partial charge is 0.316 e. The molecule has 1 aliphatic heterocycles. The van der Waals surface area contributed by atoms with Crippen LogP contribution in [0.1, 0.15) is 32.8 Å². The van der Waals surface area contributed by atoms with E-state index in [2.05, 4.69) is 5.32 Å². The van der Waals surface area contributed by atoms with Gasteiger partial charge in [0.15, 0.2) is 0 Å². The maximum absolute atomic E-state index is 12.3. The van der Waals surface area contributed by atoms with E-state index in [1.165, 1.54) is 0 Å². The minimum Gasteiger partial charge on any atom is -0.343 e. The van der Waals surface area contributed by atoms with Crippen molar-refractivity contribution < 1.29 is 9.59 Å². The van der Waals surface area contributed by atoms with Crippen LogP contribution in [0.2, 0.25) is 0 Å². The van der Waals surface area contributed by atoms with Gasteiger partial charge >= 0.3 is 11.8 Å². The number of aryl methyl sites for hydroxylation is 1. The first-order valence-corrected chi connectivity index (χ1v) is 6.60. The Bertz CT molecular complexity index is 503. The maximum Gasteiger partial charge on any atom is 0.316 e. The Morgan fingerprint density at radius 1 is 1.21 bits per heavy atom. The third-order valence-corrected chi connectivity index (χ3v) is 3.04. The van der Waals surface area contributed by atoms with Gasteiger partial charge in [-0.25, -0.2) is 0 Å². The highest BCUT2D eigenvalue weighted by atomic mass is 16.2. The van der Waals surface area contributed by atoms with Crippen molar-refractivity contribution in [3.63, 3.8) is 0 Å². The van der Waals surface area contributed by atoms with Crippen molar-refractivity contribution in [2.75, 3.05) is 11.4 Å². The van der Waals surface area contributed by atoms with Gasteiger partial charge in [0, 0.05) is 17.8 Å². The van der Waals surface area contributed by atoms with Crippen LogP contribution < -0.4 is 10.2 Å². The molecule has 4 heteroatoms. The Labute approximate surface area is 113 Å². The molecule has 2 rings (SSSR count). The summed E-state index contributed by atoms with van der Waals surface area (Å²) in [6, 6.07) is 7.77. The van der Waals surface area contributed by atoms with Crippen molar-refractivity contribution in [1.29, 1.82) is 0 Å². The van der Waals surface area contributed by atoms with Crippen LogP contribution in [0, 0.1) is 0 Å². The minimum absolute atomic E-state index is 0.401. The highest BCUT2D eigenvalue weighted by Gasteiger charge is 2.29. The van der Waals surface area contributed by atoms with E-state index in [4.69, 9.17) is 0 Å². The van der Waals surface area contributed by atoms with Crippen molar-refractivity contribution >= 4 is 17.5 Å². The van der Waals surface area contributed by atoms with Crippen molar-refractivity contribution in [3.05, 3.63) is 29.8 Å². The van der Waals surface area contributed by atoms with Crippen LogP contribution in [-0.4, -0.2) is 23.9 Å². The van der Waals surface area contributed by atoms with Gasteiger partial charge in [0.1, 0.15) is 0 Å². The molecule has 2 amide bonds. The summed E-state index contributed by atoms with van der Waals surface area (Å²) in [6.07, 6.45) is 1.85. The number of rotatable bonds is 0. The number of carbonyl (C=O) groups excluding carboxylic acids is 2. The van der Waals surface area contributed by atoms with Crippen molar-refractivity contribution in [3.8, 4) is 0 Å². The fraction of sp³-hybridized carbons (Fsp3) is 0.467. The molecule has 0 bridgehead atoms. The van der Waals surface area contributed by atoms with Gasteiger partial charge in [-0.15, -0.1) is 0 Å². The Hall–Kier alpha value is -1.84. The standard InChI is InChI=1S/C15H20N2O2/c1-15(2,3)16-13(18)14(19)17-10-6-8-11-7-4-5-9-12(11)17/h4-5,7,9H,6,8,10H2,1-3H3,(H,16,18). The molecular weight excluding hydrogens is 240 g/mol. The van der Waals surface area contributed by atoms with Crippen molar-refractivity contribution in [2.24, 2.45) is 0 Å². The molecule has 0 aromatic heterocycles. The minimum atomic E-state index is -0.538. The lowest BCUT2D eigenvalue weighted by Crippen LogP contribution is -2.50. The van der Waals surface area contributed by atoms with Crippen LogP contribution in [0.15, 0.2) is 24.3 Å². The zero-order valence-electron chi connectivity index (χ0n) is 11.7. The van der Waals surface area contributed by atoms with Gasteiger partial charge in [0.2, 0.25) is 0 Å². The number of hydrogen-bond donors (Lipinski definition) is 1. The number of nitrogens with one attached hydrogen (secondary N) is 1. The molecule has 1 aromatic carbocycles. The molecule has 0 atom stereocenters. The topological polar surface area (TPSA) is 49.4 Å². The summed E-state index contributed by atoms with van der Waals surface area (Å²) >= 11 is 0. The number of anilines is 1. The zero-order valence-corrected chi connectivity index (χ0v) is 11.7. The molecule has 1 aliphatic rings. The van der Waals surface area contributed by atoms with Gasteiger partial charge in [0.25, 0.3) is 0 Å². The summed E-state index contributed by atoms with van der Waals surface area (Å²) in [6.45, 7) is 6.19. The summed E-state index contributed by atoms with van der Waals surface area (Å²) in [5.41, 5.74) is 1.59. The van der Waals surface area contributed by atoms with Gasteiger partial charge in [-0.1, -0.05) is 18.2 Å². The van der Waals surface area contributed by atoms with Crippen LogP contribution in [0.4, 0.5) is 5.69 Å². The van der Waals surface area contributed by atoms with Crippen LogP contribution in [0.5, 0.6) is 0 Å². The molecule has 1 aromatic rings. The number of benzene rings is 1. The van der Waals surface area contributed by atoms with Crippen molar-refractivity contribution in [2.45, 2.75) is 39.2 Å². The molecule has 19 heavy (non-hydrogen) atoms. The lowest BCUT2D eigenvalue weighted by molar-refractivity contribution is -0.138. The summed E-state index contributed by atoms with van der Waals surface area (Å²) in [5.74, 6) is -1.01. The molecule has 4 nitrogen and oxygen atoms in total. The van der Waals surface area contributed by atoms with E-state index in [0.717, 1.165) is 24.1 Å². The first-order valence-electron chi connectivity index (χ1n) is 6.60. The lowest BCUT2D eigenvalue weighted by atomic mass is 10.0. The number of fused-ring (bicyclic) bond motifs is 1. The molecule has 0 aliphatic carbocycles. The molecule has 0 unspecified atom stereocenters. The third-order valence-electron chi connectivity index (χ3n) is 3.04. The number of carbonyl (C=O) groups is 2. The van der Waals surface area contributed by atoms with E-state index >= 15 is 0 Å². The third kappa shape index (κ3) is 3.13. The summed E-state index contributed by atoms with van der Waals surface area (Å²) in [5, 5.41) is 2.72. The average Bonchev–Trinajstić information content (AvgIpc) is 2.35. The average molecular weight is 260 g/mol. The molecule has 0 spiro atoms. The Morgan fingerprint density at radius 2 is 1.89 bits per heavy atom. The monoisotopic (exact) mass is 260 g/mol. The SMILES string of the molecule is CC(C)(C)NC(=O)C(=O)N1CCCc2ccccc21. The van der Waals surface area contributed by atoms with Crippen LogP contribution in [0.3, 0.4) is 0 Å². The second-order valence-electron chi connectivity index (χ2n) is 5.89. The Morgan fingerprint density at radius 3 is 2.58 bits per heavy atom. The first kappa shape index (κ1) is 13.6. The lowest BCUT2D eigenvalue weighted by Gasteiger charge is -2.30. The van der Waals surface area contributed by atoms with E-state index in [1.807, 2.05) is 45.0 Å². The molecule has 1 N–H and O–H groups in total. The van der Waals surface area contributed by atoms with Gasteiger partial charge in [-0.05, 0) is 45.2 Å². The Balaban J connectivity index is 2.19. The fourth-order valence-corrected chi connectivity index (χ4v) is 2.26. The predicted molar refractivity (Wildman–Crippen MR) is 75.0 cm³/mol. The largest absolute Gasteiger partial charge is 0.343 e. The van der Waals surface area contributed by atoms with Gasteiger partial charge in [0.05, 0.1) is 0 Å². The molecule has 0 fully saturated rings. The van der Waals surface area contributed by atoms with E-state index in [1.54, 1.807) is 4.90 Å². The second-order valence-corrected chi connectivity index (χ2v) is 5.89. The number of nitrogens with zero attached hydrogens (tertiary/aromatic N) is 1. The van der Waals surface area contributed by atoms with E-state index in [0.29, 0.717) is 6.54 Å². The highest BCUT2D eigenvalue weighted by molar-refractivity contribution is 6.40. The predicted octanol–water partition coefficient (Wildman–Crippen LogP) is 1.88. The molecule has 1 heterocycles. The zero-order chi connectivity index (χ0) is 14.0. The summed E-state index contributed by atoms with van der Waals surface area (Å²) in [4.78, 5) is 25.8.